The van der Waals surface area contributed by atoms with Crippen molar-refractivity contribution in [1.82, 2.24) is 20.1 Å². The lowest BCUT2D eigenvalue weighted by Gasteiger charge is -2.15. The van der Waals surface area contributed by atoms with Crippen molar-refractivity contribution < 1.29 is 9.59 Å². The molecular weight excluding hydrogens is 368 g/mol. The van der Waals surface area contributed by atoms with E-state index in [0.29, 0.717) is 13.1 Å². The molecular formula is C18H25ClN6O2. The third kappa shape index (κ3) is 5.77. The van der Waals surface area contributed by atoms with Crippen molar-refractivity contribution in [3.05, 3.63) is 42.2 Å². The Hall–Kier alpha value is -2.45. The summed E-state index contributed by atoms with van der Waals surface area (Å²) < 4.78 is 1.41. The molecule has 146 valence electrons. The Balaban J connectivity index is 0.00000261. The molecule has 1 fully saturated rings. The zero-order chi connectivity index (χ0) is 18.4. The average Bonchev–Trinajstić information content (AvgIpc) is 3.30. The van der Waals surface area contributed by atoms with Crippen molar-refractivity contribution in [1.29, 1.82) is 0 Å². The first-order valence-corrected chi connectivity index (χ1v) is 8.86. The Bertz CT molecular complexity index is 751. The second kappa shape index (κ2) is 10.0. The third-order valence-corrected chi connectivity index (χ3v) is 4.71. The topological polar surface area (TPSA) is 115 Å². The number of anilines is 1. The van der Waals surface area contributed by atoms with Gasteiger partial charge in [-0.25, -0.2) is 9.67 Å². The lowest BCUT2D eigenvalue weighted by Crippen LogP contribution is -2.30. The van der Waals surface area contributed by atoms with Crippen LogP contribution in [0.1, 0.15) is 24.8 Å². The van der Waals surface area contributed by atoms with Gasteiger partial charge >= 0.3 is 0 Å². The highest BCUT2D eigenvalue weighted by Gasteiger charge is 2.32. The molecule has 27 heavy (non-hydrogen) atoms. The summed E-state index contributed by atoms with van der Waals surface area (Å²) in [7, 11) is 0. The molecule has 9 heteroatoms. The zero-order valence-electron chi connectivity index (χ0n) is 15.0. The van der Waals surface area contributed by atoms with Gasteiger partial charge < -0.3 is 11.1 Å². The number of amides is 2. The van der Waals surface area contributed by atoms with E-state index >= 15 is 0 Å². The number of nitrogens with one attached hydrogen (secondary N) is 2. The van der Waals surface area contributed by atoms with E-state index in [-0.39, 0.29) is 48.6 Å². The zero-order valence-corrected chi connectivity index (χ0v) is 15.8. The van der Waals surface area contributed by atoms with Gasteiger partial charge in [-0.05, 0) is 30.9 Å². The molecule has 0 spiro atoms. The average molecular weight is 393 g/mol. The van der Waals surface area contributed by atoms with Crippen LogP contribution in [-0.4, -0.2) is 33.1 Å². The predicted molar refractivity (Wildman–Crippen MR) is 104 cm³/mol. The molecule has 2 amide bonds. The first kappa shape index (κ1) is 20.9. The summed E-state index contributed by atoms with van der Waals surface area (Å²) in [6.45, 7) is 1.02. The van der Waals surface area contributed by atoms with E-state index < -0.39 is 0 Å². The minimum atomic E-state index is -0.171. The van der Waals surface area contributed by atoms with E-state index in [9.17, 15) is 9.59 Å². The maximum atomic E-state index is 12.3. The molecule has 1 aromatic heterocycles. The minimum Gasteiger partial charge on any atom is -0.350 e. The highest BCUT2D eigenvalue weighted by molar-refractivity contribution is 5.91. The summed E-state index contributed by atoms with van der Waals surface area (Å²) in [4.78, 5) is 28.4. The van der Waals surface area contributed by atoms with Gasteiger partial charge in [-0.3, -0.25) is 14.9 Å². The molecule has 2 aromatic rings. The second-order valence-corrected chi connectivity index (χ2v) is 6.55. The fourth-order valence-electron chi connectivity index (χ4n) is 3.29. The van der Waals surface area contributed by atoms with Crippen LogP contribution in [0.4, 0.5) is 5.95 Å². The molecule has 0 unspecified atom stereocenters. The fourth-order valence-corrected chi connectivity index (χ4v) is 3.29. The standard InChI is InChI=1S/C18H24N6O2.ClH/c19-9-14-7-4-8-15(14)17(26)22-18-21-12-24(23-18)11-16(25)20-10-13-5-2-1-3-6-13;/h1-3,5-6,12,14-15H,4,7-11,19H2,(H,20,25)(H,22,23,26);1H/t14-,15-;/m1./s1. The summed E-state index contributed by atoms with van der Waals surface area (Å²) in [6.07, 6.45) is 4.28. The monoisotopic (exact) mass is 392 g/mol. The van der Waals surface area contributed by atoms with E-state index in [4.69, 9.17) is 5.73 Å². The molecule has 0 saturated heterocycles. The Morgan fingerprint density at radius 2 is 2.00 bits per heavy atom. The molecule has 0 aliphatic heterocycles. The molecule has 1 aromatic carbocycles. The number of nitrogens with zero attached hydrogens (tertiary/aromatic N) is 3. The van der Waals surface area contributed by atoms with Crippen LogP contribution in [0.3, 0.4) is 0 Å². The van der Waals surface area contributed by atoms with Crippen LogP contribution < -0.4 is 16.4 Å². The van der Waals surface area contributed by atoms with Crippen molar-refractivity contribution in [3.8, 4) is 0 Å². The number of nitrogens with two attached hydrogens (primary N) is 1. The molecule has 0 bridgehead atoms. The van der Waals surface area contributed by atoms with Crippen molar-refractivity contribution >= 4 is 30.2 Å². The van der Waals surface area contributed by atoms with Crippen molar-refractivity contribution in [2.24, 2.45) is 17.6 Å². The number of benzene rings is 1. The summed E-state index contributed by atoms with van der Waals surface area (Å²) in [5.41, 5.74) is 6.75. The highest BCUT2D eigenvalue weighted by atomic mass is 35.5. The van der Waals surface area contributed by atoms with Gasteiger partial charge in [0.2, 0.25) is 17.8 Å². The number of carbonyl (C=O) groups excluding carboxylic acids is 2. The third-order valence-electron chi connectivity index (χ3n) is 4.71. The van der Waals surface area contributed by atoms with Crippen LogP contribution >= 0.6 is 12.4 Å². The van der Waals surface area contributed by atoms with Gasteiger partial charge in [-0.2, -0.15) is 0 Å². The molecule has 0 radical (unpaired) electrons. The van der Waals surface area contributed by atoms with Gasteiger partial charge in [-0.1, -0.05) is 36.8 Å². The minimum absolute atomic E-state index is 0. The number of carbonyl (C=O) groups is 2. The molecule has 1 aliphatic rings. The molecule has 1 saturated carbocycles. The number of hydrogen-bond acceptors (Lipinski definition) is 5. The van der Waals surface area contributed by atoms with Gasteiger partial charge in [0.05, 0.1) is 0 Å². The van der Waals surface area contributed by atoms with E-state index in [1.165, 1.54) is 11.0 Å². The SMILES string of the molecule is Cl.NC[C@H]1CCC[C@H]1C(=O)Nc1ncn(CC(=O)NCc2ccccc2)n1. The smallest absolute Gasteiger partial charge is 0.248 e. The highest BCUT2D eigenvalue weighted by Crippen LogP contribution is 2.31. The fraction of sp³-hybridized carbons (Fsp3) is 0.444. The largest absolute Gasteiger partial charge is 0.350 e. The Kier molecular flexibility index (Phi) is 7.75. The Labute approximate surface area is 164 Å². The van der Waals surface area contributed by atoms with E-state index in [2.05, 4.69) is 20.7 Å². The first-order chi connectivity index (χ1) is 12.7. The van der Waals surface area contributed by atoms with Gasteiger partial charge in [0.1, 0.15) is 12.9 Å². The van der Waals surface area contributed by atoms with Gasteiger partial charge in [0.25, 0.3) is 0 Å². The second-order valence-electron chi connectivity index (χ2n) is 6.55. The summed E-state index contributed by atoms with van der Waals surface area (Å²) >= 11 is 0. The maximum Gasteiger partial charge on any atom is 0.248 e. The van der Waals surface area contributed by atoms with Gasteiger partial charge in [0.15, 0.2) is 0 Å². The molecule has 1 aliphatic carbocycles. The van der Waals surface area contributed by atoms with Crippen LogP contribution in [0.25, 0.3) is 0 Å². The van der Waals surface area contributed by atoms with Crippen molar-refractivity contribution in [2.75, 3.05) is 11.9 Å². The predicted octanol–water partition coefficient (Wildman–Crippen LogP) is 1.33. The first-order valence-electron chi connectivity index (χ1n) is 8.86. The summed E-state index contributed by atoms with van der Waals surface area (Å²) in [5.74, 6) is 0.0929. The maximum absolute atomic E-state index is 12.3. The number of aromatic nitrogens is 3. The van der Waals surface area contributed by atoms with E-state index in [1.54, 1.807) is 0 Å². The molecule has 3 rings (SSSR count). The van der Waals surface area contributed by atoms with Gasteiger partial charge in [-0.15, -0.1) is 17.5 Å². The lowest BCUT2D eigenvalue weighted by atomic mass is 9.95. The van der Waals surface area contributed by atoms with E-state index in [1.807, 2.05) is 30.3 Å². The molecule has 1 heterocycles. The number of rotatable bonds is 7. The molecule has 2 atom stereocenters. The van der Waals surface area contributed by atoms with Crippen molar-refractivity contribution in [3.63, 3.8) is 0 Å². The Morgan fingerprint density at radius 3 is 2.74 bits per heavy atom. The van der Waals surface area contributed by atoms with E-state index in [0.717, 1.165) is 24.8 Å². The quantitative estimate of drug-likeness (QED) is 0.657. The van der Waals surface area contributed by atoms with Crippen LogP contribution in [0.5, 0.6) is 0 Å². The molecule has 4 N–H and O–H groups in total. The molecule has 8 nitrogen and oxygen atoms in total. The normalized spacial score (nSPS) is 18.6. The summed E-state index contributed by atoms with van der Waals surface area (Å²) in [5, 5.41) is 9.71. The van der Waals surface area contributed by atoms with Gasteiger partial charge in [0, 0.05) is 12.5 Å². The number of hydrogen-bond donors (Lipinski definition) is 3. The van der Waals surface area contributed by atoms with Crippen LogP contribution in [-0.2, 0) is 22.7 Å². The Morgan fingerprint density at radius 1 is 1.22 bits per heavy atom. The van der Waals surface area contributed by atoms with Crippen LogP contribution in [0.2, 0.25) is 0 Å². The number of halogens is 1. The summed E-state index contributed by atoms with van der Waals surface area (Å²) in [6, 6.07) is 9.67. The van der Waals surface area contributed by atoms with Crippen LogP contribution in [0, 0.1) is 11.8 Å². The van der Waals surface area contributed by atoms with Crippen LogP contribution in [0.15, 0.2) is 36.7 Å². The van der Waals surface area contributed by atoms with Crippen molar-refractivity contribution in [2.45, 2.75) is 32.4 Å². The lowest BCUT2D eigenvalue weighted by molar-refractivity contribution is -0.122.